The number of hydrogen-bond acceptors (Lipinski definition) is 4. The number of aliphatic hydroxyl groups is 1. The van der Waals surface area contributed by atoms with E-state index in [-0.39, 0.29) is 5.69 Å². The predicted octanol–water partition coefficient (Wildman–Crippen LogP) is 3.24. The van der Waals surface area contributed by atoms with Crippen molar-refractivity contribution >= 4 is 11.8 Å². The average molecular weight is 312 g/mol. The third-order valence-electron chi connectivity index (χ3n) is 3.58. The molecule has 0 aliphatic rings. The van der Waals surface area contributed by atoms with Crippen LogP contribution in [0, 0.1) is 17.0 Å². The first kappa shape index (κ1) is 16.9. The lowest BCUT2D eigenvalue weighted by Gasteiger charge is -2.13. The van der Waals surface area contributed by atoms with Crippen LogP contribution in [0.5, 0.6) is 0 Å². The van der Waals surface area contributed by atoms with Crippen molar-refractivity contribution in [2.45, 2.75) is 13.0 Å². The molecule has 5 nitrogen and oxygen atoms in total. The van der Waals surface area contributed by atoms with Crippen molar-refractivity contribution in [1.29, 1.82) is 0 Å². The van der Waals surface area contributed by atoms with E-state index in [0.717, 1.165) is 11.1 Å². The first-order valence-corrected chi connectivity index (χ1v) is 7.44. The minimum atomic E-state index is -0.573. The highest BCUT2D eigenvalue weighted by molar-refractivity contribution is 5.60. The molecule has 0 aliphatic carbocycles. The van der Waals surface area contributed by atoms with Gasteiger partial charge >= 0.3 is 0 Å². The molecule has 0 radical (unpaired) electrons. The third-order valence-corrected chi connectivity index (χ3v) is 3.58. The van der Waals surface area contributed by atoms with Gasteiger partial charge in [-0.2, -0.15) is 0 Å². The van der Waals surface area contributed by atoms with Gasteiger partial charge in [0.05, 0.1) is 16.6 Å². The molecule has 0 heterocycles. The van der Waals surface area contributed by atoms with Crippen LogP contribution in [-0.4, -0.2) is 23.1 Å². The molecule has 0 amide bonds. The van der Waals surface area contributed by atoms with E-state index < -0.39 is 11.0 Å². The summed E-state index contributed by atoms with van der Waals surface area (Å²) < 4.78 is 0. The molecule has 0 aliphatic heterocycles. The molecule has 2 aromatic rings. The second kappa shape index (κ2) is 8.22. The molecule has 5 heteroatoms. The summed E-state index contributed by atoms with van der Waals surface area (Å²) in [5.74, 6) is 0. The largest absolute Gasteiger partial charge is 0.387 e. The SMILES string of the molecule is Cc1ccccc1C(O)CNC/C=C/c1ccccc1[N+](=O)[O-]. The van der Waals surface area contributed by atoms with Gasteiger partial charge in [0.1, 0.15) is 0 Å². The normalized spacial score (nSPS) is 12.4. The zero-order valence-electron chi connectivity index (χ0n) is 13.0. The summed E-state index contributed by atoms with van der Waals surface area (Å²) in [6.45, 7) is 2.91. The van der Waals surface area contributed by atoms with Crippen molar-refractivity contribution in [1.82, 2.24) is 5.32 Å². The molecule has 0 fully saturated rings. The van der Waals surface area contributed by atoms with Gasteiger partial charge < -0.3 is 10.4 Å². The maximum atomic E-state index is 10.9. The van der Waals surface area contributed by atoms with E-state index >= 15 is 0 Å². The van der Waals surface area contributed by atoms with E-state index in [1.54, 1.807) is 24.3 Å². The van der Waals surface area contributed by atoms with E-state index in [0.29, 0.717) is 18.7 Å². The Labute approximate surface area is 135 Å². The highest BCUT2D eigenvalue weighted by atomic mass is 16.6. The minimum Gasteiger partial charge on any atom is -0.387 e. The predicted molar refractivity (Wildman–Crippen MR) is 91.1 cm³/mol. The number of para-hydroxylation sites is 1. The van der Waals surface area contributed by atoms with Crippen LogP contribution in [0.4, 0.5) is 5.69 Å². The summed E-state index contributed by atoms with van der Waals surface area (Å²) in [5.41, 5.74) is 2.61. The van der Waals surface area contributed by atoms with Crippen molar-refractivity contribution in [3.63, 3.8) is 0 Å². The second-order valence-corrected chi connectivity index (χ2v) is 5.25. The zero-order valence-corrected chi connectivity index (χ0v) is 13.0. The van der Waals surface area contributed by atoms with Crippen LogP contribution < -0.4 is 5.32 Å². The quantitative estimate of drug-likeness (QED) is 0.467. The lowest BCUT2D eigenvalue weighted by molar-refractivity contribution is -0.385. The molecule has 120 valence electrons. The monoisotopic (exact) mass is 312 g/mol. The molecule has 1 atom stereocenters. The van der Waals surface area contributed by atoms with Crippen LogP contribution in [0.2, 0.25) is 0 Å². The summed E-state index contributed by atoms with van der Waals surface area (Å²) in [6, 6.07) is 14.3. The number of hydrogen-bond donors (Lipinski definition) is 2. The van der Waals surface area contributed by atoms with Crippen LogP contribution in [-0.2, 0) is 0 Å². The van der Waals surface area contributed by atoms with Gasteiger partial charge in [-0.1, -0.05) is 48.6 Å². The van der Waals surface area contributed by atoms with Gasteiger partial charge in [0.2, 0.25) is 0 Å². The van der Waals surface area contributed by atoms with E-state index in [2.05, 4.69) is 5.32 Å². The van der Waals surface area contributed by atoms with Gasteiger partial charge in [0.15, 0.2) is 0 Å². The average Bonchev–Trinajstić information content (AvgIpc) is 2.55. The lowest BCUT2D eigenvalue weighted by Crippen LogP contribution is -2.21. The Bertz CT molecular complexity index is 698. The Kier molecular flexibility index (Phi) is 6.02. The van der Waals surface area contributed by atoms with Crippen molar-refractivity contribution < 1.29 is 10.0 Å². The van der Waals surface area contributed by atoms with Crippen LogP contribution in [0.3, 0.4) is 0 Å². The van der Waals surface area contributed by atoms with Crippen LogP contribution >= 0.6 is 0 Å². The molecule has 0 aromatic heterocycles. The molecule has 0 saturated carbocycles. The number of aliphatic hydroxyl groups excluding tert-OH is 1. The molecule has 1 unspecified atom stereocenters. The van der Waals surface area contributed by atoms with E-state index in [9.17, 15) is 15.2 Å². The van der Waals surface area contributed by atoms with Gasteiger partial charge in [-0.25, -0.2) is 0 Å². The Balaban J connectivity index is 1.86. The summed E-state index contributed by atoms with van der Waals surface area (Å²) in [6.07, 6.45) is 2.95. The maximum Gasteiger partial charge on any atom is 0.276 e. The molecule has 0 saturated heterocycles. The third kappa shape index (κ3) is 4.74. The number of rotatable bonds is 7. The first-order valence-electron chi connectivity index (χ1n) is 7.44. The Hall–Kier alpha value is -2.50. The fraction of sp³-hybridized carbons (Fsp3) is 0.222. The molecule has 23 heavy (non-hydrogen) atoms. The van der Waals surface area contributed by atoms with Gasteiger partial charge in [-0.15, -0.1) is 0 Å². The summed E-state index contributed by atoms with van der Waals surface area (Å²) in [5, 5.41) is 24.2. The van der Waals surface area contributed by atoms with Gasteiger partial charge in [0.25, 0.3) is 5.69 Å². The van der Waals surface area contributed by atoms with Crippen molar-refractivity contribution in [3.05, 3.63) is 81.4 Å². The van der Waals surface area contributed by atoms with Crippen molar-refractivity contribution in [2.75, 3.05) is 13.1 Å². The second-order valence-electron chi connectivity index (χ2n) is 5.25. The topological polar surface area (TPSA) is 75.4 Å². The van der Waals surface area contributed by atoms with E-state index in [1.165, 1.54) is 6.07 Å². The van der Waals surface area contributed by atoms with Crippen LogP contribution in [0.25, 0.3) is 6.08 Å². The number of benzene rings is 2. The lowest BCUT2D eigenvalue weighted by atomic mass is 10.0. The fourth-order valence-electron chi connectivity index (χ4n) is 2.35. The van der Waals surface area contributed by atoms with E-state index in [1.807, 2.05) is 37.3 Å². The number of nitrogens with zero attached hydrogens (tertiary/aromatic N) is 1. The summed E-state index contributed by atoms with van der Waals surface area (Å²) in [7, 11) is 0. The van der Waals surface area contributed by atoms with Gasteiger partial charge in [-0.05, 0) is 24.1 Å². The number of nitrogens with one attached hydrogen (secondary N) is 1. The number of aryl methyl sites for hydroxylation is 1. The van der Waals surface area contributed by atoms with Crippen LogP contribution in [0.1, 0.15) is 22.8 Å². The molecule has 2 aromatic carbocycles. The van der Waals surface area contributed by atoms with Crippen LogP contribution in [0.15, 0.2) is 54.6 Å². The molecule has 2 rings (SSSR count). The molecule has 0 bridgehead atoms. The summed E-state index contributed by atoms with van der Waals surface area (Å²) in [4.78, 5) is 10.5. The van der Waals surface area contributed by atoms with E-state index in [4.69, 9.17) is 0 Å². The zero-order chi connectivity index (χ0) is 16.7. The molecule has 0 spiro atoms. The Morgan fingerprint density at radius 3 is 2.65 bits per heavy atom. The maximum absolute atomic E-state index is 10.9. The standard InChI is InChI=1S/C18H20N2O3/c1-14-7-2-4-10-16(14)18(21)13-19-12-6-9-15-8-3-5-11-17(15)20(22)23/h2-11,18-19,21H,12-13H2,1H3/b9-6+. The van der Waals surface area contributed by atoms with Gasteiger partial charge in [-0.3, -0.25) is 10.1 Å². The van der Waals surface area contributed by atoms with Crippen molar-refractivity contribution in [2.24, 2.45) is 0 Å². The van der Waals surface area contributed by atoms with Gasteiger partial charge in [0, 0.05) is 19.2 Å². The fourth-order valence-corrected chi connectivity index (χ4v) is 2.35. The molecular formula is C18H20N2O3. The first-order chi connectivity index (χ1) is 11.1. The summed E-state index contributed by atoms with van der Waals surface area (Å²) >= 11 is 0. The Morgan fingerprint density at radius 2 is 1.91 bits per heavy atom. The van der Waals surface area contributed by atoms with Crippen molar-refractivity contribution in [3.8, 4) is 0 Å². The highest BCUT2D eigenvalue weighted by Gasteiger charge is 2.10. The minimum absolute atomic E-state index is 0.0868. The Morgan fingerprint density at radius 1 is 1.22 bits per heavy atom. The highest BCUT2D eigenvalue weighted by Crippen LogP contribution is 2.19. The molecular weight excluding hydrogens is 292 g/mol. The number of nitro benzene ring substituents is 1. The molecule has 2 N–H and O–H groups in total. The smallest absolute Gasteiger partial charge is 0.276 e. The number of nitro groups is 1.